The Labute approximate surface area is 432 Å². The minimum absolute atomic E-state index is 0.0946. The normalized spacial score (nSPS) is 14.3. The molecule has 0 N–H and O–H groups in total. The highest BCUT2D eigenvalue weighted by Crippen LogP contribution is 2.42. The van der Waals surface area contributed by atoms with Crippen LogP contribution in [0.25, 0.3) is 83.4 Å². The van der Waals surface area contributed by atoms with Crippen LogP contribution in [0, 0.1) is 6.33 Å². The quantitative estimate of drug-likeness (QED) is 0.112. The molecule has 0 aliphatic carbocycles. The number of nitrogens with zero attached hydrogens (tertiary/aromatic N) is 4. The molecule has 0 fully saturated rings. The minimum Gasteiger partial charge on any atom is -0.458 e. The van der Waals surface area contributed by atoms with E-state index in [1.165, 1.54) is 0 Å². The third kappa shape index (κ3) is 8.60. The van der Waals surface area contributed by atoms with Gasteiger partial charge in [-0.1, -0.05) is 189 Å². The predicted octanol–water partition coefficient (Wildman–Crippen LogP) is 16.9. The summed E-state index contributed by atoms with van der Waals surface area (Å²) < 4.78 is 103. The molecule has 0 aliphatic rings. The van der Waals surface area contributed by atoms with Crippen molar-refractivity contribution in [2.75, 3.05) is 0 Å². The summed E-state index contributed by atoms with van der Waals surface area (Å²) in [5.74, 6) is 1.94. The number of benzene rings is 8. The number of ether oxygens (including phenoxy) is 1. The molecule has 0 aliphatic heterocycles. The van der Waals surface area contributed by atoms with E-state index >= 15 is 0 Å². The average molecular weight is 935 g/mol. The van der Waals surface area contributed by atoms with Gasteiger partial charge in [-0.3, -0.25) is 13.7 Å². The maximum absolute atomic E-state index is 9.50. The van der Waals surface area contributed by atoms with E-state index in [1.54, 1.807) is 12.1 Å². The molecular formula is C66H60N4O. The topological polar surface area (TPSA) is 35.9 Å². The summed E-state index contributed by atoms with van der Waals surface area (Å²) in [6.07, 6.45) is 5.51. The van der Waals surface area contributed by atoms with Crippen LogP contribution in [-0.4, -0.2) is 14.1 Å². The monoisotopic (exact) mass is 935 g/mol. The first-order chi connectivity index (χ1) is 38.2. The molecular weight excluding hydrogens is 865 g/mol. The lowest BCUT2D eigenvalue weighted by Gasteiger charge is -2.27. The first kappa shape index (κ1) is 35.1. The summed E-state index contributed by atoms with van der Waals surface area (Å²) in [6, 6.07) is 38.4. The number of hydrogen-bond donors (Lipinski definition) is 0. The zero-order valence-electron chi connectivity index (χ0n) is 51.5. The van der Waals surface area contributed by atoms with Crippen LogP contribution in [0.3, 0.4) is 0 Å². The molecule has 0 amide bonds. The van der Waals surface area contributed by atoms with Gasteiger partial charge >= 0.3 is 0 Å². The molecule has 0 saturated heterocycles. The second-order valence-corrected chi connectivity index (χ2v) is 21.3. The lowest BCUT2D eigenvalue weighted by molar-refractivity contribution is -0.571. The van der Waals surface area contributed by atoms with Crippen molar-refractivity contribution in [2.24, 2.45) is 0 Å². The summed E-state index contributed by atoms with van der Waals surface area (Å²) in [5, 5.41) is 2.14. The zero-order chi connectivity index (χ0) is 57.9. The largest absolute Gasteiger partial charge is 0.458 e. The molecule has 11 aromatic rings. The summed E-state index contributed by atoms with van der Waals surface area (Å²) >= 11 is 0. The van der Waals surface area contributed by atoms with Crippen molar-refractivity contribution >= 4 is 32.8 Å². The molecule has 8 aromatic carbocycles. The Balaban J connectivity index is 1.16. The summed E-state index contributed by atoms with van der Waals surface area (Å²) in [7, 11) is 0. The minimum atomic E-state index is -0.576. The van der Waals surface area contributed by atoms with E-state index in [9.17, 15) is 5.48 Å². The Bertz CT molecular complexity index is 4310. The molecule has 0 atom stereocenters. The van der Waals surface area contributed by atoms with Crippen LogP contribution >= 0.6 is 0 Å². The molecule has 0 bridgehead atoms. The smallest absolute Gasteiger partial charge is 0.269 e. The molecule has 350 valence electrons. The van der Waals surface area contributed by atoms with E-state index in [0.29, 0.717) is 45.0 Å². The van der Waals surface area contributed by atoms with E-state index < -0.39 is 60.4 Å². The third-order valence-corrected chi connectivity index (χ3v) is 13.2. The van der Waals surface area contributed by atoms with Crippen LogP contribution in [0.5, 0.6) is 11.5 Å². The van der Waals surface area contributed by atoms with E-state index in [2.05, 4.69) is 122 Å². The van der Waals surface area contributed by atoms with Gasteiger partial charge in [-0.25, -0.2) is 4.98 Å². The summed E-state index contributed by atoms with van der Waals surface area (Å²) in [6.45, 7) is 19.3. The predicted molar refractivity (Wildman–Crippen MR) is 295 cm³/mol. The lowest BCUT2D eigenvalue weighted by Crippen LogP contribution is -2.31. The molecule has 0 saturated carbocycles. The van der Waals surface area contributed by atoms with Gasteiger partial charge in [-0.2, -0.15) is 0 Å². The van der Waals surface area contributed by atoms with Gasteiger partial charge in [0.25, 0.3) is 6.33 Å². The first-order valence-corrected chi connectivity index (χ1v) is 24.0. The molecule has 0 radical (unpaired) electrons. The zero-order valence-corrected chi connectivity index (χ0v) is 41.5. The van der Waals surface area contributed by atoms with Crippen LogP contribution < -0.4 is 9.30 Å². The van der Waals surface area contributed by atoms with Gasteiger partial charge in [0.15, 0.2) is 0 Å². The standard InChI is InChI=1S/C66H60N4O/c1-64(2,3)48-33-34-67-62(40-48)70-58-28-17-16-27-54(58)55-32-31-53(42-61(55)70)71-52-26-20-25-51(41-52)68-43-69(60-30-19-18-29-59(60)68)63-56(45-23-14-11-15-24-45)37-46(44-21-12-10-13-22-44)38-57(63)47-35-49(65(4,5)6)39-50(36-47)66(7,8)9/h10-42H,1-9H3/i10D,11D,12D,13D,14D,15D,21D,22D,23D,24D. The van der Waals surface area contributed by atoms with E-state index in [-0.39, 0.29) is 38.5 Å². The second-order valence-electron chi connectivity index (χ2n) is 21.3. The number of hydrogen-bond acceptors (Lipinski definition) is 2. The third-order valence-electron chi connectivity index (χ3n) is 13.2. The number of fused-ring (bicyclic) bond motifs is 4. The molecule has 3 aromatic heterocycles. The highest BCUT2D eigenvalue weighted by molar-refractivity contribution is 6.09. The first-order valence-electron chi connectivity index (χ1n) is 29.0. The van der Waals surface area contributed by atoms with Gasteiger partial charge in [0.2, 0.25) is 0 Å². The van der Waals surface area contributed by atoms with Crippen LogP contribution in [0.15, 0.2) is 200 Å². The fourth-order valence-corrected chi connectivity index (χ4v) is 9.37. The van der Waals surface area contributed by atoms with Crippen LogP contribution in [0.4, 0.5) is 0 Å². The molecule has 5 nitrogen and oxygen atoms in total. The molecule has 0 unspecified atom stereocenters. The van der Waals surface area contributed by atoms with Crippen molar-refractivity contribution in [1.82, 2.24) is 14.1 Å². The van der Waals surface area contributed by atoms with Crippen molar-refractivity contribution in [3.63, 3.8) is 0 Å². The Kier molecular flexibility index (Phi) is 8.63. The van der Waals surface area contributed by atoms with Gasteiger partial charge in [-0.15, -0.1) is 0 Å². The number of para-hydroxylation sites is 3. The highest BCUT2D eigenvalue weighted by Gasteiger charge is 2.26. The molecule has 5 heteroatoms. The Morgan fingerprint density at radius 2 is 1.10 bits per heavy atom. The van der Waals surface area contributed by atoms with Gasteiger partial charge < -0.3 is 4.74 Å². The van der Waals surface area contributed by atoms with Crippen molar-refractivity contribution in [2.45, 2.75) is 78.6 Å². The van der Waals surface area contributed by atoms with E-state index in [1.807, 2.05) is 88.1 Å². The van der Waals surface area contributed by atoms with E-state index in [0.717, 1.165) is 44.3 Å². The average Bonchev–Trinajstić information content (AvgIpc) is 4.25. The maximum Gasteiger partial charge on any atom is 0.269 e. The summed E-state index contributed by atoms with van der Waals surface area (Å²) in [5.41, 5.74) is 7.95. The Morgan fingerprint density at radius 1 is 0.493 bits per heavy atom. The molecule has 11 rings (SSSR count). The highest BCUT2D eigenvalue weighted by atomic mass is 16.5. The van der Waals surface area contributed by atoms with Gasteiger partial charge in [0, 0.05) is 23.0 Å². The lowest BCUT2D eigenvalue weighted by atomic mass is 9.78. The van der Waals surface area contributed by atoms with Crippen molar-refractivity contribution in [1.29, 1.82) is 0 Å². The molecule has 3 heterocycles. The second kappa shape index (κ2) is 17.4. The fourth-order valence-electron chi connectivity index (χ4n) is 9.37. The van der Waals surface area contributed by atoms with Gasteiger partial charge in [-0.05, 0) is 127 Å². The van der Waals surface area contributed by atoms with Crippen molar-refractivity contribution in [3.8, 4) is 62.1 Å². The van der Waals surface area contributed by atoms with Gasteiger partial charge in [0.1, 0.15) is 17.3 Å². The van der Waals surface area contributed by atoms with Crippen LogP contribution in [-0.2, 0) is 16.2 Å². The number of pyridine rings is 1. The Morgan fingerprint density at radius 3 is 1.79 bits per heavy atom. The Hall–Kier alpha value is -8.02. The summed E-state index contributed by atoms with van der Waals surface area (Å²) in [4.78, 5) is 4.86. The van der Waals surface area contributed by atoms with Crippen molar-refractivity contribution < 1.29 is 23.0 Å². The SMILES string of the molecule is [2H]c1c([2H])c([2H])c(-c2cc(-c3cc(C(C)(C)C)cc(C(C)(C)C)c3)c(-[n+]3[c-]n(-c4cccc(Oc5ccc6c7ccccc7n(-c7cc(C(C)(C)C)ccn7)c6c5)c4)c4ccccc43)c(-c3c([2H])c([2H])c([2H])c([2H])c3[2H])c2)c([2H])c1[2H]. The molecule has 71 heavy (non-hydrogen) atoms. The van der Waals surface area contributed by atoms with Gasteiger partial charge in [0.05, 0.1) is 47.1 Å². The van der Waals surface area contributed by atoms with Crippen LogP contribution in [0.2, 0.25) is 0 Å². The molecule has 0 spiro atoms. The maximum atomic E-state index is 9.50. The van der Waals surface area contributed by atoms with E-state index in [4.69, 9.17) is 17.9 Å². The number of aromatic nitrogens is 4. The van der Waals surface area contributed by atoms with Crippen LogP contribution in [0.1, 0.15) is 92.7 Å². The van der Waals surface area contributed by atoms with Crippen molar-refractivity contribution in [3.05, 3.63) is 223 Å². The number of rotatable bonds is 8. The number of imidazole rings is 1. The fraction of sp³-hybridized carbons (Fsp3) is 0.182.